The van der Waals surface area contributed by atoms with Crippen molar-refractivity contribution in [3.8, 4) is 0 Å². The highest BCUT2D eigenvalue weighted by Crippen LogP contribution is 2.09. The summed E-state index contributed by atoms with van der Waals surface area (Å²) in [7, 11) is 0. The molecule has 0 saturated heterocycles. The van der Waals surface area contributed by atoms with E-state index < -0.39 is 0 Å². The zero-order valence-corrected chi connectivity index (χ0v) is 16.1. The van der Waals surface area contributed by atoms with Gasteiger partial charge in [-0.05, 0) is 49.2 Å². The van der Waals surface area contributed by atoms with Crippen molar-refractivity contribution in [2.75, 3.05) is 13.2 Å². The number of carbonyl (C=O) groups excluding carboxylic acids is 2. The Hall–Kier alpha value is -3.40. The van der Waals surface area contributed by atoms with Gasteiger partial charge in [0.25, 0.3) is 0 Å². The molecule has 4 nitrogen and oxygen atoms in total. The number of hydrogen-bond acceptors (Lipinski definition) is 4. The number of hydrogen-bond donors (Lipinski definition) is 0. The van der Waals surface area contributed by atoms with Crippen molar-refractivity contribution in [3.63, 3.8) is 0 Å². The lowest BCUT2D eigenvalue weighted by atomic mass is 10.1. The van der Waals surface area contributed by atoms with E-state index in [0.717, 1.165) is 11.1 Å². The van der Waals surface area contributed by atoms with Crippen molar-refractivity contribution in [1.82, 2.24) is 0 Å². The van der Waals surface area contributed by atoms with Crippen LogP contribution in [0.5, 0.6) is 0 Å². The van der Waals surface area contributed by atoms with Crippen LogP contribution in [-0.2, 0) is 9.47 Å². The van der Waals surface area contributed by atoms with Crippen molar-refractivity contribution in [1.29, 1.82) is 0 Å². The van der Waals surface area contributed by atoms with Gasteiger partial charge in [-0.25, -0.2) is 9.59 Å². The maximum absolute atomic E-state index is 11.6. The summed E-state index contributed by atoms with van der Waals surface area (Å²) in [5, 5.41) is 0. The van der Waals surface area contributed by atoms with Crippen LogP contribution < -0.4 is 0 Å². The summed E-state index contributed by atoms with van der Waals surface area (Å²) in [5.74, 6) is -0.614. The fourth-order valence-corrected chi connectivity index (χ4v) is 2.35. The van der Waals surface area contributed by atoms with Gasteiger partial charge in [-0.2, -0.15) is 0 Å². The van der Waals surface area contributed by atoms with E-state index in [1.54, 1.807) is 38.1 Å². The number of carbonyl (C=O) groups is 2. The van der Waals surface area contributed by atoms with E-state index in [9.17, 15) is 9.59 Å². The van der Waals surface area contributed by atoms with Gasteiger partial charge in [0, 0.05) is 0 Å². The van der Waals surface area contributed by atoms with Gasteiger partial charge in [-0.3, -0.25) is 0 Å². The maximum atomic E-state index is 11.6. The molecule has 0 atom stereocenters. The van der Waals surface area contributed by atoms with Gasteiger partial charge >= 0.3 is 11.9 Å². The monoisotopic (exact) mass is 376 g/mol. The van der Waals surface area contributed by atoms with Gasteiger partial charge in [0.15, 0.2) is 0 Å². The fraction of sp³-hybridized carbons (Fsp3) is 0.167. The Labute approximate surface area is 165 Å². The minimum Gasteiger partial charge on any atom is -0.462 e. The van der Waals surface area contributed by atoms with Crippen LogP contribution in [0.4, 0.5) is 0 Å². The van der Waals surface area contributed by atoms with Crippen molar-refractivity contribution >= 4 is 24.1 Å². The Kier molecular flexibility index (Phi) is 8.47. The Balaban J connectivity index is 1.85. The van der Waals surface area contributed by atoms with Gasteiger partial charge in [0.2, 0.25) is 0 Å². The molecule has 0 spiro atoms. The van der Waals surface area contributed by atoms with Crippen LogP contribution >= 0.6 is 0 Å². The zero-order valence-electron chi connectivity index (χ0n) is 16.1. The Morgan fingerprint density at radius 3 is 1.32 bits per heavy atom. The first-order chi connectivity index (χ1) is 13.6. The van der Waals surface area contributed by atoms with E-state index >= 15 is 0 Å². The molecule has 0 saturated carbocycles. The highest BCUT2D eigenvalue weighted by Gasteiger charge is 2.05. The van der Waals surface area contributed by atoms with Crippen LogP contribution in [-0.4, -0.2) is 25.2 Å². The predicted molar refractivity (Wildman–Crippen MR) is 112 cm³/mol. The van der Waals surface area contributed by atoms with Gasteiger partial charge in [0.1, 0.15) is 0 Å². The van der Waals surface area contributed by atoms with Crippen LogP contribution in [0.3, 0.4) is 0 Å². The quantitative estimate of drug-likeness (QED) is 0.462. The van der Waals surface area contributed by atoms with Crippen molar-refractivity contribution in [2.24, 2.45) is 0 Å². The fourth-order valence-electron chi connectivity index (χ4n) is 2.35. The maximum Gasteiger partial charge on any atom is 0.338 e. The van der Waals surface area contributed by atoms with Crippen LogP contribution in [0.1, 0.15) is 45.7 Å². The molecule has 0 amide bonds. The molecule has 0 heterocycles. The molecule has 2 aromatic rings. The molecule has 2 aromatic carbocycles. The predicted octanol–water partition coefficient (Wildman–Crippen LogP) is 5.32. The molecule has 0 bridgehead atoms. The minimum atomic E-state index is -0.307. The van der Waals surface area contributed by atoms with Gasteiger partial charge in [-0.15, -0.1) is 0 Å². The second kappa shape index (κ2) is 11.3. The van der Waals surface area contributed by atoms with Crippen molar-refractivity contribution in [2.45, 2.75) is 13.8 Å². The number of rotatable bonds is 8. The minimum absolute atomic E-state index is 0.307. The number of esters is 2. The summed E-state index contributed by atoms with van der Waals surface area (Å²) in [6, 6.07) is 14.5. The molecule has 0 fully saturated rings. The third-order valence-corrected chi connectivity index (χ3v) is 3.75. The molecule has 0 N–H and O–H groups in total. The third kappa shape index (κ3) is 6.72. The number of benzene rings is 2. The lowest BCUT2D eigenvalue weighted by molar-refractivity contribution is 0.0516. The SMILES string of the molecule is CCOC(=O)c1ccc(/C=C/C=C/C=C/c2ccc(C(=O)OCC)cc2)cc1. The van der Waals surface area contributed by atoms with Gasteiger partial charge in [-0.1, -0.05) is 60.7 Å². The Morgan fingerprint density at radius 1 is 0.643 bits per heavy atom. The van der Waals surface area contributed by atoms with Crippen molar-refractivity contribution < 1.29 is 19.1 Å². The summed E-state index contributed by atoms with van der Waals surface area (Å²) >= 11 is 0. The Bertz CT molecular complexity index is 783. The summed E-state index contributed by atoms with van der Waals surface area (Å²) in [4.78, 5) is 23.2. The molecular weight excluding hydrogens is 352 g/mol. The molecule has 0 aliphatic carbocycles. The lowest BCUT2D eigenvalue weighted by Crippen LogP contribution is -2.03. The largest absolute Gasteiger partial charge is 0.462 e. The van der Waals surface area contributed by atoms with E-state index in [0.29, 0.717) is 24.3 Å². The summed E-state index contributed by atoms with van der Waals surface area (Å²) in [5.41, 5.74) is 3.09. The molecule has 0 unspecified atom stereocenters. The van der Waals surface area contributed by atoms with Crippen LogP contribution in [0, 0.1) is 0 Å². The summed E-state index contributed by atoms with van der Waals surface area (Å²) in [6.07, 6.45) is 11.6. The number of ether oxygens (including phenoxy) is 2. The van der Waals surface area contributed by atoms with Crippen LogP contribution in [0.15, 0.2) is 72.8 Å². The van der Waals surface area contributed by atoms with Crippen LogP contribution in [0.2, 0.25) is 0 Å². The average Bonchev–Trinajstić information content (AvgIpc) is 2.72. The first kappa shape index (κ1) is 20.9. The normalized spacial score (nSPS) is 11.4. The van der Waals surface area contributed by atoms with E-state index in [1.165, 1.54) is 0 Å². The highest BCUT2D eigenvalue weighted by molar-refractivity contribution is 5.90. The second-order valence-corrected chi connectivity index (χ2v) is 5.79. The lowest BCUT2D eigenvalue weighted by Gasteiger charge is -2.01. The van der Waals surface area contributed by atoms with Gasteiger partial charge < -0.3 is 9.47 Å². The molecule has 2 rings (SSSR count). The molecule has 0 radical (unpaired) electrons. The zero-order chi connectivity index (χ0) is 20.2. The van der Waals surface area contributed by atoms with Crippen molar-refractivity contribution in [3.05, 3.63) is 95.1 Å². The van der Waals surface area contributed by atoms with E-state index in [4.69, 9.17) is 9.47 Å². The smallest absolute Gasteiger partial charge is 0.338 e. The van der Waals surface area contributed by atoms with E-state index in [-0.39, 0.29) is 11.9 Å². The standard InChI is InChI=1S/C24H24O4/c1-3-27-23(25)21-15-11-19(12-16-21)9-7-5-6-8-10-20-13-17-22(18-14-20)24(26)28-4-2/h5-18H,3-4H2,1-2H3/b6-5+,9-7+,10-8+. The third-order valence-electron chi connectivity index (χ3n) is 3.75. The molecule has 28 heavy (non-hydrogen) atoms. The molecule has 0 aliphatic rings. The summed E-state index contributed by atoms with van der Waals surface area (Å²) < 4.78 is 9.92. The van der Waals surface area contributed by atoms with Gasteiger partial charge in [0.05, 0.1) is 24.3 Å². The van der Waals surface area contributed by atoms with Crippen LogP contribution in [0.25, 0.3) is 12.2 Å². The highest BCUT2D eigenvalue weighted by atomic mass is 16.5. The second-order valence-electron chi connectivity index (χ2n) is 5.79. The first-order valence-corrected chi connectivity index (χ1v) is 9.19. The molecule has 0 aromatic heterocycles. The Morgan fingerprint density at radius 2 is 1.00 bits per heavy atom. The average molecular weight is 376 g/mol. The molecule has 144 valence electrons. The topological polar surface area (TPSA) is 52.6 Å². The molecular formula is C24H24O4. The molecule has 0 aliphatic heterocycles. The van der Waals surface area contributed by atoms with E-state index in [1.807, 2.05) is 60.7 Å². The number of allylic oxidation sites excluding steroid dienone is 4. The molecule has 4 heteroatoms. The first-order valence-electron chi connectivity index (χ1n) is 9.19. The summed E-state index contributed by atoms with van der Waals surface area (Å²) in [6.45, 7) is 4.31. The van der Waals surface area contributed by atoms with E-state index in [2.05, 4.69) is 0 Å².